The number of halogens is 2. The van der Waals surface area contributed by atoms with Crippen LogP contribution in [0.15, 0.2) is 0 Å². The second-order valence-electron chi connectivity index (χ2n) is 3.96. The van der Waals surface area contributed by atoms with Crippen molar-refractivity contribution in [2.45, 2.75) is 31.0 Å². The van der Waals surface area contributed by atoms with Gasteiger partial charge in [-0.2, -0.15) is 0 Å². The molecule has 0 aromatic rings. The topological polar surface area (TPSA) is 29.1 Å². The second kappa shape index (κ2) is 4.05. The van der Waals surface area contributed by atoms with Crippen molar-refractivity contribution >= 4 is 29.1 Å². The maximum atomic E-state index is 11.3. The van der Waals surface area contributed by atoms with Gasteiger partial charge in [-0.3, -0.25) is 4.79 Å². The van der Waals surface area contributed by atoms with Gasteiger partial charge in [0, 0.05) is 6.54 Å². The van der Waals surface area contributed by atoms with Gasteiger partial charge in [0.15, 0.2) is 4.33 Å². The fraction of sp³-hybridized carbons (Fsp3) is 0.889. The van der Waals surface area contributed by atoms with Gasteiger partial charge in [-0.05, 0) is 24.7 Å². The van der Waals surface area contributed by atoms with E-state index in [1.807, 2.05) is 0 Å². The lowest BCUT2D eigenvalue weighted by molar-refractivity contribution is -0.121. The first-order chi connectivity index (χ1) is 5.93. The molecule has 1 atom stereocenters. The van der Waals surface area contributed by atoms with Gasteiger partial charge in [0.05, 0.1) is 0 Å². The molecule has 0 spiro atoms. The Labute approximate surface area is 89.0 Å². The first kappa shape index (κ1) is 11.1. The molecule has 0 aromatic heterocycles. The quantitative estimate of drug-likeness (QED) is 0.680. The van der Waals surface area contributed by atoms with Gasteiger partial charge in [-0.1, -0.05) is 37.0 Å². The molecule has 1 amide bonds. The summed E-state index contributed by atoms with van der Waals surface area (Å²) in [6.07, 6.45) is 1.52. The lowest BCUT2D eigenvalue weighted by atomic mass is 9.89. The molecule has 0 radical (unpaired) electrons. The van der Waals surface area contributed by atoms with E-state index in [1.54, 1.807) is 0 Å². The average molecular weight is 224 g/mol. The van der Waals surface area contributed by atoms with Crippen molar-refractivity contribution in [3.05, 3.63) is 0 Å². The van der Waals surface area contributed by atoms with E-state index in [2.05, 4.69) is 19.2 Å². The third kappa shape index (κ3) is 2.75. The normalized spacial score (nSPS) is 28.4. The Balaban J connectivity index is 2.71. The van der Waals surface area contributed by atoms with Gasteiger partial charge in [0.2, 0.25) is 0 Å². The molecular weight excluding hydrogens is 209 g/mol. The van der Waals surface area contributed by atoms with Crippen LogP contribution >= 0.6 is 23.2 Å². The molecule has 1 saturated heterocycles. The van der Waals surface area contributed by atoms with E-state index in [-0.39, 0.29) is 5.91 Å². The molecule has 76 valence electrons. The summed E-state index contributed by atoms with van der Waals surface area (Å²) in [7, 11) is 0. The number of carbonyl (C=O) groups is 1. The fourth-order valence-corrected chi connectivity index (χ4v) is 2.12. The van der Waals surface area contributed by atoms with E-state index in [1.165, 1.54) is 0 Å². The molecule has 1 unspecified atom stereocenters. The van der Waals surface area contributed by atoms with Crippen LogP contribution in [-0.4, -0.2) is 16.8 Å². The number of nitrogens with one attached hydrogen (secondary N) is 1. The number of rotatable bonds is 1. The van der Waals surface area contributed by atoms with Crippen molar-refractivity contribution in [1.82, 2.24) is 5.32 Å². The van der Waals surface area contributed by atoms with Gasteiger partial charge >= 0.3 is 0 Å². The predicted octanol–water partition coefficient (Wildman–Crippen LogP) is 2.34. The minimum atomic E-state index is -1.23. The van der Waals surface area contributed by atoms with E-state index in [9.17, 15) is 4.79 Å². The largest absolute Gasteiger partial charge is 0.353 e. The number of carbonyl (C=O) groups excluding carboxylic acids is 1. The first-order valence-corrected chi connectivity index (χ1v) is 5.35. The number of hydrogen-bond donors (Lipinski definition) is 1. The predicted molar refractivity (Wildman–Crippen MR) is 55.0 cm³/mol. The second-order valence-corrected chi connectivity index (χ2v) is 5.44. The van der Waals surface area contributed by atoms with E-state index in [0.29, 0.717) is 24.8 Å². The molecule has 0 aromatic carbocycles. The Morgan fingerprint density at radius 1 is 1.54 bits per heavy atom. The van der Waals surface area contributed by atoms with Gasteiger partial charge in [-0.15, -0.1) is 0 Å². The molecule has 1 aliphatic heterocycles. The van der Waals surface area contributed by atoms with Crippen molar-refractivity contribution in [1.29, 1.82) is 0 Å². The maximum absolute atomic E-state index is 11.3. The third-order valence-corrected chi connectivity index (χ3v) is 3.25. The highest BCUT2D eigenvalue weighted by atomic mass is 35.5. The number of alkyl halides is 2. The summed E-state index contributed by atoms with van der Waals surface area (Å²) < 4.78 is -1.23. The van der Waals surface area contributed by atoms with E-state index >= 15 is 0 Å². The zero-order chi connectivity index (χ0) is 10.1. The molecule has 13 heavy (non-hydrogen) atoms. The molecule has 1 N–H and O–H groups in total. The molecule has 4 heteroatoms. The van der Waals surface area contributed by atoms with Gasteiger partial charge < -0.3 is 5.32 Å². The summed E-state index contributed by atoms with van der Waals surface area (Å²) in [5, 5.41) is 2.72. The lowest BCUT2D eigenvalue weighted by Gasteiger charge is -2.22. The first-order valence-electron chi connectivity index (χ1n) is 4.59. The van der Waals surface area contributed by atoms with Crippen LogP contribution in [0, 0.1) is 11.8 Å². The zero-order valence-electron chi connectivity index (χ0n) is 7.94. The highest BCUT2D eigenvalue weighted by Crippen LogP contribution is 2.35. The summed E-state index contributed by atoms with van der Waals surface area (Å²) in [5.74, 6) is 0.692. The van der Waals surface area contributed by atoms with Gasteiger partial charge in [-0.25, -0.2) is 0 Å². The van der Waals surface area contributed by atoms with Crippen LogP contribution in [0.5, 0.6) is 0 Å². The van der Waals surface area contributed by atoms with E-state index in [4.69, 9.17) is 23.2 Å². The molecule has 1 heterocycles. The summed E-state index contributed by atoms with van der Waals surface area (Å²) in [6.45, 7) is 4.94. The Hall–Kier alpha value is 0.0500. The number of hydrogen-bond acceptors (Lipinski definition) is 1. The molecule has 1 fully saturated rings. The Bertz CT molecular complexity index is 204. The summed E-state index contributed by atoms with van der Waals surface area (Å²) >= 11 is 11.8. The van der Waals surface area contributed by atoms with Crippen molar-refractivity contribution in [3.63, 3.8) is 0 Å². The molecule has 2 nitrogen and oxygen atoms in total. The molecule has 0 bridgehead atoms. The van der Waals surface area contributed by atoms with Crippen LogP contribution < -0.4 is 5.32 Å². The average Bonchev–Trinajstić information content (AvgIpc) is 2.12. The third-order valence-electron chi connectivity index (χ3n) is 2.59. The smallest absolute Gasteiger partial charge is 0.256 e. The Morgan fingerprint density at radius 3 is 2.69 bits per heavy atom. The van der Waals surface area contributed by atoms with Crippen molar-refractivity contribution < 1.29 is 4.79 Å². The van der Waals surface area contributed by atoms with Crippen LogP contribution in [-0.2, 0) is 4.79 Å². The van der Waals surface area contributed by atoms with Gasteiger partial charge in [0.25, 0.3) is 5.91 Å². The van der Waals surface area contributed by atoms with Crippen molar-refractivity contribution in [3.8, 4) is 0 Å². The summed E-state index contributed by atoms with van der Waals surface area (Å²) in [5.41, 5.74) is 0. The van der Waals surface area contributed by atoms with Crippen LogP contribution in [0.25, 0.3) is 0 Å². The van der Waals surface area contributed by atoms with E-state index in [0.717, 1.165) is 6.42 Å². The zero-order valence-corrected chi connectivity index (χ0v) is 9.45. The molecule has 1 rings (SSSR count). The monoisotopic (exact) mass is 223 g/mol. The molecule has 0 aliphatic carbocycles. The van der Waals surface area contributed by atoms with Crippen LogP contribution in [0.1, 0.15) is 26.7 Å². The summed E-state index contributed by atoms with van der Waals surface area (Å²) in [4.78, 5) is 11.3. The number of amides is 1. The van der Waals surface area contributed by atoms with Crippen molar-refractivity contribution in [2.24, 2.45) is 11.8 Å². The Kier molecular flexibility index (Phi) is 3.47. The van der Waals surface area contributed by atoms with Crippen LogP contribution in [0.4, 0.5) is 0 Å². The van der Waals surface area contributed by atoms with Gasteiger partial charge in [0.1, 0.15) is 0 Å². The fourth-order valence-electron chi connectivity index (χ4n) is 1.59. The minimum Gasteiger partial charge on any atom is -0.353 e. The standard InChI is InChI=1S/C9H15Cl2NO/c1-6(2)7-3-4-12-8(13)9(10,11)5-7/h6-7H,3-5H2,1-2H3,(H,12,13). The highest BCUT2D eigenvalue weighted by Gasteiger charge is 2.39. The summed E-state index contributed by atoms with van der Waals surface area (Å²) in [6, 6.07) is 0. The van der Waals surface area contributed by atoms with Crippen molar-refractivity contribution in [2.75, 3.05) is 6.54 Å². The lowest BCUT2D eigenvalue weighted by Crippen LogP contribution is -2.36. The maximum Gasteiger partial charge on any atom is 0.256 e. The van der Waals surface area contributed by atoms with E-state index < -0.39 is 4.33 Å². The minimum absolute atomic E-state index is 0.251. The molecular formula is C9H15Cl2NO. The SMILES string of the molecule is CC(C)C1CCNC(=O)C(Cl)(Cl)C1. The Morgan fingerprint density at radius 2 is 2.15 bits per heavy atom. The van der Waals surface area contributed by atoms with Crippen LogP contribution in [0.3, 0.4) is 0 Å². The van der Waals surface area contributed by atoms with Crippen LogP contribution in [0.2, 0.25) is 0 Å². The molecule has 1 aliphatic rings. The molecule has 0 saturated carbocycles. The highest BCUT2D eigenvalue weighted by molar-refractivity contribution is 6.58.